The lowest BCUT2D eigenvalue weighted by molar-refractivity contribution is 0.0730. The zero-order valence-electron chi connectivity index (χ0n) is 14.9. The largest absolute Gasteiger partial charge is 0.379 e. The first kappa shape index (κ1) is 19.8. The first-order valence-corrected chi connectivity index (χ1v) is 10.4. The van der Waals surface area contributed by atoms with Crippen LogP contribution in [0.1, 0.15) is 28.9 Å². The molecule has 27 heavy (non-hydrogen) atoms. The Morgan fingerprint density at radius 3 is 2.48 bits per heavy atom. The van der Waals surface area contributed by atoms with Crippen molar-refractivity contribution in [2.75, 3.05) is 26.3 Å². The van der Waals surface area contributed by atoms with E-state index in [1.165, 1.54) is 22.5 Å². The summed E-state index contributed by atoms with van der Waals surface area (Å²) >= 11 is 6.17. The van der Waals surface area contributed by atoms with E-state index in [1.807, 2.05) is 37.3 Å². The van der Waals surface area contributed by atoms with E-state index < -0.39 is 15.9 Å². The molecule has 0 spiro atoms. The maximum atomic E-state index is 12.8. The quantitative estimate of drug-likeness (QED) is 0.825. The summed E-state index contributed by atoms with van der Waals surface area (Å²) < 4.78 is 32.2. The lowest BCUT2D eigenvalue weighted by atomic mass is 10.1. The number of halogens is 1. The first-order valence-electron chi connectivity index (χ1n) is 8.63. The minimum absolute atomic E-state index is 0.0475. The Labute approximate surface area is 164 Å². The second kappa shape index (κ2) is 8.39. The topological polar surface area (TPSA) is 75.7 Å². The number of hydrogen-bond acceptors (Lipinski definition) is 4. The standard InChI is InChI=1S/C19H21ClN2O4S/c1-14(15-5-3-2-4-6-15)21-19(23)17-13-16(7-8-18(17)20)27(24,25)22-9-11-26-12-10-22/h2-8,13-14H,9-12H2,1H3,(H,21,23)/t14-/m1/s1. The van der Waals surface area contributed by atoms with Crippen LogP contribution in [0.3, 0.4) is 0 Å². The van der Waals surface area contributed by atoms with Gasteiger partial charge in [-0.25, -0.2) is 8.42 Å². The van der Waals surface area contributed by atoms with Gasteiger partial charge in [0.15, 0.2) is 0 Å². The van der Waals surface area contributed by atoms with E-state index in [0.29, 0.717) is 13.2 Å². The predicted octanol–water partition coefficient (Wildman–Crippen LogP) is 2.85. The third-order valence-corrected chi connectivity index (χ3v) is 6.66. The van der Waals surface area contributed by atoms with Crippen molar-refractivity contribution < 1.29 is 17.9 Å². The molecule has 0 saturated carbocycles. The van der Waals surface area contributed by atoms with Crippen molar-refractivity contribution in [3.63, 3.8) is 0 Å². The predicted molar refractivity (Wildman–Crippen MR) is 103 cm³/mol. The van der Waals surface area contributed by atoms with Gasteiger partial charge < -0.3 is 10.1 Å². The normalized spacial score (nSPS) is 16.7. The molecule has 1 heterocycles. The van der Waals surface area contributed by atoms with E-state index in [4.69, 9.17) is 16.3 Å². The molecule has 0 bridgehead atoms. The van der Waals surface area contributed by atoms with Crippen LogP contribution in [0.15, 0.2) is 53.4 Å². The molecular weight excluding hydrogens is 388 g/mol. The van der Waals surface area contributed by atoms with Gasteiger partial charge >= 0.3 is 0 Å². The Hall–Kier alpha value is -1.93. The zero-order chi connectivity index (χ0) is 19.4. The summed E-state index contributed by atoms with van der Waals surface area (Å²) in [6.07, 6.45) is 0. The van der Waals surface area contributed by atoms with Gasteiger partial charge in [0.2, 0.25) is 10.0 Å². The molecule has 0 aliphatic carbocycles. The third kappa shape index (κ3) is 4.50. The molecule has 1 atom stereocenters. The number of ether oxygens (including phenoxy) is 1. The van der Waals surface area contributed by atoms with Crippen LogP contribution < -0.4 is 5.32 Å². The van der Waals surface area contributed by atoms with Crippen LogP contribution in [0.4, 0.5) is 0 Å². The molecule has 8 heteroatoms. The average Bonchev–Trinajstić information content (AvgIpc) is 2.69. The van der Waals surface area contributed by atoms with Crippen LogP contribution >= 0.6 is 11.6 Å². The maximum absolute atomic E-state index is 12.8. The fraction of sp³-hybridized carbons (Fsp3) is 0.316. The highest BCUT2D eigenvalue weighted by Crippen LogP contribution is 2.24. The number of rotatable bonds is 5. The Kier molecular flexibility index (Phi) is 6.16. The molecular formula is C19H21ClN2O4S. The number of amides is 1. The van der Waals surface area contributed by atoms with Crippen molar-refractivity contribution in [1.82, 2.24) is 9.62 Å². The van der Waals surface area contributed by atoms with E-state index >= 15 is 0 Å². The number of nitrogens with zero attached hydrogens (tertiary/aromatic N) is 1. The van der Waals surface area contributed by atoms with E-state index in [-0.39, 0.29) is 34.6 Å². The van der Waals surface area contributed by atoms with Crippen LogP contribution in [0.25, 0.3) is 0 Å². The van der Waals surface area contributed by atoms with Crippen molar-refractivity contribution in [3.8, 4) is 0 Å². The van der Waals surface area contributed by atoms with E-state index in [2.05, 4.69) is 5.32 Å². The molecule has 2 aromatic rings. The number of sulfonamides is 1. The fourth-order valence-corrected chi connectivity index (χ4v) is 4.51. The van der Waals surface area contributed by atoms with Crippen molar-refractivity contribution in [3.05, 3.63) is 64.7 Å². The molecule has 1 amide bonds. The summed E-state index contributed by atoms with van der Waals surface area (Å²) in [6.45, 7) is 3.15. The summed E-state index contributed by atoms with van der Waals surface area (Å²) in [5.74, 6) is -0.421. The van der Waals surface area contributed by atoms with Crippen molar-refractivity contribution in [1.29, 1.82) is 0 Å². The molecule has 2 aromatic carbocycles. The highest BCUT2D eigenvalue weighted by atomic mass is 35.5. The minimum Gasteiger partial charge on any atom is -0.379 e. The number of morpholine rings is 1. The zero-order valence-corrected chi connectivity index (χ0v) is 16.5. The monoisotopic (exact) mass is 408 g/mol. The van der Waals surface area contributed by atoms with Gasteiger partial charge in [0.25, 0.3) is 5.91 Å². The van der Waals surface area contributed by atoms with Gasteiger partial charge in [-0.05, 0) is 30.7 Å². The Morgan fingerprint density at radius 2 is 1.81 bits per heavy atom. The first-order chi connectivity index (χ1) is 12.9. The SMILES string of the molecule is C[C@@H](NC(=O)c1cc(S(=O)(=O)N2CCOCC2)ccc1Cl)c1ccccc1. The second-order valence-electron chi connectivity index (χ2n) is 6.26. The van der Waals surface area contributed by atoms with Crippen molar-refractivity contribution >= 4 is 27.5 Å². The summed E-state index contributed by atoms with van der Waals surface area (Å²) in [6, 6.07) is 13.4. The molecule has 6 nitrogen and oxygen atoms in total. The molecule has 1 N–H and O–H groups in total. The van der Waals surface area contributed by atoms with Crippen LogP contribution in [-0.2, 0) is 14.8 Å². The third-order valence-electron chi connectivity index (χ3n) is 4.44. The highest BCUT2D eigenvalue weighted by molar-refractivity contribution is 7.89. The second-order valence-corrected chi connectivity index (χ2v) is 8.61. The molecule has 3 rings (SSSR count). The van der Waals surface area contributed by atoms with Gasteiger partial charge in [0.05, 0.1) is 34.7 Å². The van der Waals surface area contributed by atoms with Crippen LogP contribution in [0.5, 0.6) is 0 Å². The number of benzene rings is 2. The molecule has 1 aliphatic rings. The summed E-state index contributed by atoms with van der Waals surface area (Å²) in [5, 5.41) is 3.06. The molecule has 1 fully saturated rings. The fourth-order valence-electron chi connectivity index (χ4n) is 2.87. The smallest absolute Gasteiger partial charge is 0.253 e. The minimum atomic E-state index is -3.70. The summed E-state index contributed by atoms with van der Waals surface area (Å²) in [7, 11) is -3.70. The number of carbonyl (C=O) groups excluding carboxylic acids is 1. The molecule has 0 unspecified atom stereocenters. The Balaban J connectivity index is 1.83. The maximum Gasteiger partial charge on any atom is 0.253 e. The van der Waals surface area contributed by atoms with E-state index in [1.54, 1.807) is 0 Å². The van der Waals surface area contributed by atoms with Gasteiger partial charge in [-0.3, -0.25) is 4.79 Å². The highest BCUT2D eigenvalue weighted by Gasteiger charge is 2.27. The number of carbonyl (C=O) groups is 1. The van der Waals surface area contributed by atoms with Gasteiger partial charge in [-0.2, -0.15) is 4.31 Å². The van der Waals surface area contributed by atoms with Gasteiger partial charge in [0, 0.05) is 13.1 Å². The summed E-state index contributed by atoms with van der Waals surface area (Å²) in [5.41, 5.74) is 1.08. The van der Waals surface area contributed by atoms with Crippen molar-refractivity contribution in [2.45, 2.75) is 17.9 Å². The molecule has 144 valence electrons. The summed E-state index contributed by atoms with van der Waals surface area (Å²) in [4.78, 5) is 12.7. The average molecular weight is 409 g/mol. The Morgan fingerprint density at radius 1 is 1.15 bits per heavy atom. The number of nitrogens with one attached hydrogen (secondary N) is 1. The van der Waals surface area contributed by atoms with Gasteiger partial charge in [0.1, 0.15) is 0 Å². The van der Waals surface area contributed by atoms with Crippen LogP contribution in [-0.4, -0.2) is 44.9 Å². The number of hydrogen-bond donors (Lipinski definition) is 1. The molecule has 1 aliphatic heterocycles. The molecule has 0 aromatic heterocycles. The molecule has 0 radical (unpaired) electrons. The van der Waals surface area contributed by atoms with Crippen LogP contribution in [0.2, 0.25) is 5.02 Å². The van der Waals surface area contributed by atoms with Gasteiger partial charge in [-0.1, -0.05) is 41.9 Å². The van der Waals surface area contributed by atoms with Crippen molar-refractivity contribution in [2.24, 2.45) is 0 Å². The lowest BCUT2D eigenvalue weighted by Gasteiger charge is -2.26. The van der Waals surface area contributed by atoms with E-state index in [0.717, 1.165) is 5.56 Å². The Bertz CT molecular complexity index is 913. The molecule has 1 saturated heterocycles. The van der Waals surface area contributed by atoms with Crippen LogP contribution in [0, 0.1) is 0 Å². The lowest BCUT2D eigenvalue weighted by Crippen LogP contribution is -2.40. The van der Waals surface area contributed by atoms with E-state index in [9.17, 15) is 13.2 Å². The van der Waals surface area contributed by atoms with Gasteiger partial charge in [-0.15, -0.1) is 0 Å².